The van der Waals surface area contributed by atoms with E-state index in [0.717, 1.165) is 0 Å². The first kappa shape index (κ1) is 43.1. The first-order chi connectivity index (χ1) is 18.7. The summed E-state index contributed by atoms with van der Waals surface area (Å²) in [6, 6.07) is -6.68. The van der Waals surface area contributed by atoms with E-state index in [4.69, 9.17) is 0 Å². The number of alkyl halides is 6. The Balaban J connectivity index is 0.00000882. The Morgan fingerprint density at radius 2 is 1.14 bits per heavy atom. The standard InChI is InChI=1S/C19H8F12O8S2.2K/c20-13(21)15(24)36-9-3-1-7(5-11(9)40-39-38-32)17(18(26,27)28,19(29,30)31)8-2-4-10(37-16(25)14(22)23)12(6-8)41(33,34)35;;/h1-6,32H,(H,33,34,35);;/q;2*+1/p-2. The van der Waals surface area contributed by atoms with E-state index in [2.05, 4.69) is 18.8 Å². The van der Waals surface area contributed by atoms with Crippen LogP contribution in [0.4, 0.5) is 52.7 Å². The molecule has 2 aromatic carbocycles. The monoisotopic (exact) mass is 732 g/mol. The third-order valence-corrected chi connectivity index (χ3v) is 6.20. The fourth-order valence-corrected chi connectivity index (χ4v) is 4.31. The first-order valence-corrected chi connectivity index (χ1v) is 11.6. The van der Waals surface area contributed by atoms with Gasteiger partial charge in [0.05, 0.1) is 21.8 Å². The molecule has 0 radical (unpaired) electrons. The van der Waals surface area contributed by atoms with Crippen LogP contribution in [0.2, 0.25) is 0 Å². The van der Waals surface area contributed by atoms with E-state index in [0.29, 0.717) is 0 Å². The molecule has 0 aliphatic heterocycles. The van der Waals surface area contributed by atoms with Gasteiger partial charge in [-0.1, -0.05) is 12.1 Å². The van der Waals surface area contributed by atoms with Gasteiger partial charge < -0.3 is 19.3 Å². The van der Waals surface area contributed by atoms with Crippen molar-refractivity contribution in [2.45, 2.75) is 27.6 Å². The van der Waals surface area contributed by atoms with Crippen LogP contribution in [0.1, 0.15) is 11.1 Å². The van der Waals surface area contributed by atoms with Crippen molar-refractivity contribution in [2.75, 3.05) is 0 Å². The van der Waals surface area contributed by atoms with Crippen molar-refractivity contribution in [2.24, 2.45) is 0 Å². The smallest absolute Gasteiger partial charge is 0.744 e. The van der Waals surface area contributed by atoms with E-state index in [9.17, 15) is 70.9 Å². The maximum atomic E-state index is 14.4. The minimum atomic E-state index is -6.54. The zero-order chi connectivity index (χ0) is 31.6. The number of halogens is 12. The third kappa shape index (κ3) is 10.0. The molecule has 0 fully saturated rings. The third-order valence-electron chi connectivity index (χ3n) is 4.72. The molecule has 0 aliphatic rings. The molecular weight excluding hydrogens is 727 g/mol. The molecule has 0 spiro atoms. The maximum absolute atomic E-state index is 14.4. The summed E-state index contributed by atoms with van der Waals surface area (Å²) in [6.45, 7) is 0. The number of hydrogen-bond donors (Lipinski definition) is 0. The molecule has 0 amide bonds. The SMILES string of the molecule is O=S(=O)([O-])c1cc(C(c2ccc(OC(F)=C(F)F)c(SOO[O-])c2)(C(F)(F)F)C(F)(F)F)ccc1OC(F)=C(F)F.[K+].[K+]. The molecule has 8 nitrogen and oxygen atoms in total. The second-order valence-corrected chi connectivity index (χ2v) is 9.11. The van der Waals surface area contributed by atoms with Gasteiger partial charge in [-0.25, -0.2) is 8.42 Å². The average molecular weight is 733 g/mol. The predicted octanol–water partition coefficient (Wildman–Crippen LogP) is 0.0678. The average Bonchev–Trinajstić information content (AvgIpc) is 2.82. The Bertz CT molecular complexity index is 1440. The number of rotatable bonds is 10. The molecule has 0 N–H and O–H groups in total. The molecular formula is C19H6F12K2O8S2. The van der Waals surface area contributed by atoms with E-state index in [1.54, 1.807) is 0 Å². The van der Waals surface area contributed by atoms with E-state index < -0.39 is 103 Å². The van der Waals surface area contributed by atoms with Crippen molar-refractivity contribution in [1.82, 2.24) is 0 Å². The van der Waals surface area contributed by atoms with Crippen molar-refractivity contribution < 1.29 is 193 Å². The van der Waals surface area contributed by atoms with E-state index >= 15 is 0 Å². The van der Waals surface area contributed by atoms with Crippen molar-refractivity contribution in [3.8, 4) is 11.5 Å². The van der Waals surface area contributed by atoms with Crippen LogP contribution in [0, 0.1) is 0 Å². The maximum Gasteiger partial charge on any atom is 1.00 e. The normalized spacial score (nSPS) is 12.0. The van der Waals surface area contributed by atoms with E-state index in [-0.39, 0.29) is 133 Å². The molecule has 0 aromatic heterocycles. The van der Waals surface area contributed by atoms with Crippen molar-refractivity contribution in [1.29, 1.82) is 0 Å². The molecule has 0 heterocycles. The zero-order valence-corrected chi connectivity index (χ0v) is 28.5. The van der Waals surface area contributed by atoms with Gasteiger partial charge in [-0.15, -0.1) is 0 Å². The Labute approximate surface area is 321 Å². The van der Waals surface area contributed by atoms with Crippen LogP contribution < -0.4 is 118 Å². The van der Waals surface area contributed by atoms with Crippen molar-refractivity contribution >= 4 is 22.2 Å². The van der Waals surface area contributed by atoms with Crippen LogP contribution in [-0.4, -0.2) is 25.3 Å². The Kier molecular flexibility index (Phi) is 16.8. The second-order valence-electron chi connectivity index (χ2n) is 7.01. The van der Waals surface area contributed by atoms with Gasteiger partial charge in [0.25, 0.3) is 0 Å². The van der Waals surface area contributed by atoms with Crippen LogP contribution in [0.25, 0.3) is 0 Å². The Morgan fingerprint density at radius 3 is 1.53 bits per heavy atom. The fraction of sp³-hybridized carbons (Fsp3) is 0.158. The summed E-state index contributed by atoms with van der Waals surface area (Å²) in [4.78, 5) is -3.37. The molecule has 0 saturated heterocycles. The molecule has 43 heavy (non-hydrogen) atoms. The minimum absolute atomic E-state index is 0. The van der Waals surface area contributed by atoms with E-state index in [1.165, 1.54) is 0 Å². The first-order valence-electron chi connectivity index (χ1n) is 9.47. The Morgan fingerprint density at radius 1 is 0.721 bits per heavy atom. The summed E-state index contributed by atoms with van der Waals surface area (Å²) in [5.74, 6) is -2.98. The van der Waals surface area contributed by atoms with Crippen LogP contribution in [0.15, 0.2) is 70.4 Å². The van der Waals surface area contributed by atoms with Crippen LogP contribution >= 0.6 is 12.0 Å². The molecule has 228 valence electrons. The number of ether oxygens (including phenoxy) is 2. The molecule has 0 aliphatic carbocycles. The summed E-state index contributed by atoms with van der Waals surface area (Å²) in [5, 5.41) is 13.0. The quantitative estimate of drug-likeness (QED) is 0.0637. The predicted molar refractivity (Wildman–Crippen MR) is 104 cm³/mol. The van der Waals surface area contributed by atoms with Crippen LogP contribution in [0.5, 0.6) is 11.5 Å². The Hall–Kier alpha value is 0.0927. The van der Waals surface area contributed by atoms with Gasteiger partial charge in [-0.05, 0) is 35.4 Å². The molecule has 0 atom stereocenters. The molecule has 0 bridgehead atoms. The second kappa shape index (κ2) is 16.8. The summed E-state index contributed by atoms with van der Waals surface area (Å²) < 4.78 is 209. The van der Waals surface area contributed by atoms with Gasteiger partial charge in [0, 0.05) is 0 Å². The summed E-state index contributed by atoms with van der Waals surface area (Å²) in [7, 11) is -6.17. The summed E-state index contributed by atoms with van der Waals surface area (Å²) >= 11 is -0.545. The van der Waals surface area contributed by atoms with E-state index in [1.807, 2.05) is 0 Å². The van der Waals surface area contributed by atoms with Gasteiger partial charge in [-0.2, -0.15) is 57.0 Å². The zero-order valence-electron chi connectivity index (χ0n) is 20.6. The van der Waals surface area contributed by atoms with Gasteiger partial charge >= 0.3 is 139 Å². The molecule has 2 rings (SSSR count). The number of benzene rings is 2. The summed E-state index contributed by atoms with van der Waals surface area (Å²) in [5.41, 5.74) is -9.46. The fourth-order valence-electron chi connectivity index (χ4n) is 3.21. The van der Waals surface area contributed by atoms with Crippen molar-refractivity contribution in [3.63, 3.8) is 0 Å². The minimum Gasteiger partial charge on any atom is -0.744 e. The topological polar surface area (TPSA) is 117 Å². The van der Waals surface area contributed by atoms with Crippen LogP contribution in [0.3, 0.4) is 0 Å². The van der Waals surface area contributed by atoms with Gasteiger partial charge in [0.2, 0.25) is 5.41 Å². The molecule has 0 unspecified atom stereocenters. The van der Waals surface area contributed by atoms with Gasteiger partial charge in [0.15, 0.2) is 0 Å². The van der Waals surface area contributed by atoms with Crippen LogP contribution in [-0.2, 0) is 24.9 Å². The van der Waals surface area contributed by atoms with Gasteiger partial charge in [-0.3, -0.25) is 5.04 Å². The summed E-state index contributed by atoms with van der Waals surface area (Å²) in [6.07, 6.45) is -19.5. The number of hydrogen-bond acceptors (Lipinski definition) is 9. The molecule has 24 heteroatoms. The largest absolute Gasteiger partial charge is 1.00 e. The molecule has 0 saturated carbocycles. The van der Waals surface area contributed by atoms with Crippen molar-refractivity contribution in [3.05, 3.63) is 71.7 Å². The van der Waals surface area contributed by atoms with Gasteiger partial charge in [0.1, 0.15) is 21.6 Å². The molecule has 2 aromatic rings.